The number of furan rings is 1. The van der Waals surface area contributed by atoms with Gasteiger partial charge in [-0.2, -0.15) is 0 Å². The highest BCUT2D eigenvalue weighted by Crippen LogP contribution is 2.21. The van der Waals surface area contributed by atoms with Crippen molar-refractivity contribution in [2.24, 2.45) is 5.92 Å². The number of hydrogen-bond donors (Lipinski definition) is 1. The number of nitrogens with zero attached hydrogens (tertiary/aromatic N) is 1. The maximum atomic E-state index is 5.67. The Hall–Kier alpha value is -0.800. The molecule has 18 heavy (non-hydrogen) atoms. The predicted octanol–water partition coefficient (Wildman–Crippen LogP) is 2.76. The molecule has 0 radical (unpaired) electrons. The fourth-order valence-corrected chi connectivity index (χ4v) is 2.59. The van der Waals surface area contributed by atoms with Crippen molar-refractivity contribution in [3.63, 3.8) is 0 Å². The lowest BCUT2D eigenvalue weighted by atomic mass is 9.99. The molecule has 2 fully saturated rings. The second-order valence-corrected chi connectivity index (χ2v) is 6.04. The Morgan fingerprint density at radius 2 is 2.06 bits per heavy atom. The largest absolute Gasteiger partial charge is 0.468 e. The van der Waals surface area contributed by atoms with Crippen molar-refractivity contribution in [2.75, 3.05) is 13.1 Å². The lowest BCUT2D eigenvalue weighted by Gasteiger charge is -2.29. The van der Waals surface area contributed by atoms with Crippen molar-refractivity contribution in [1.29, 1.82) is 0 Å². The van der Waals surface area contributed by atoms with E-state index in [1.54, 1.807) is 0 Å². The van der Waals surface area contributed by atoms with Gasteiger partial charge < -0.3 is 9.73 Å². The molecular formula is C15H24N2O. The zero-order chi connectivity index (χ0) is 12.4. The maximum absolute atomic E-state index is 5.67. The average molecular weight is 248 g/mol. The van der Waals surface area contributed by atoms with Gasteiger partial charge in [0.15, 0.2) is 0 Å². The first-order valence-corrected chi connectivity index (χ1v) is 7.31. The molecule has 1 aliphatic carbocycles. The molecule has 100 valence electrons. The summed E-state index contributed by atoms with van der Waals surface area (Å²) in [4.78, 5) is 2.51. The number of rotatable bonds is 5. The zero-order valence-electron chi connectivity index (χ0n) is 11.3. The second kappa shape index (κ2) is 5.45. The van der Waals surface area contributed by atoms with Gasteiger partial charge in [0.2, 0.25) is 0 Å². The Bertz CT molecular complexity index is 376. The van der Waals surface area contributed by atoms with Crippen molar-refractivity contribution in [2.45, 2.75) is 51.7 Å². The molecule has 0 atom stereocenters. The minimum atomic E-state index is 0.770. The molecule has 2 aliphatic rings. The minimum absolute atomic E-state index is 0.770. The van der Waals surface area contributed by atoms with Gasteiger partial charge in [0.1, 0.15) is 5.76 Å². The van der Waals surface area contributed by atoms with Gasteiger partial charge in [-0.15, -0.1) is 0 Å². The van der Waals surface area contributed by atoms with Gasteiger partial charge in [0, 0.05) is 18.2 Å². The first-order chi connectivity index (χ1) is 8.79. The van der Waals surface area contributed by atoms with E-state index in [2.05, 4.69) is 23.2 Å². The van der Waals surface area contributed by atoms with Crippen molar-refractivity contribution >= 4 is 0 Å². The lowest BCUT2D eigenvalue weighted by Crippen LogP contribution is -2.32. The van der Waals surface area contributed by atoms with Gasteiger partial charge in [-0.3, -0.25) is 4.90 Å². The van der Waals surface area contributed by atoms with Gasteiger partial charge in [0.05, 0.1) is 12.8 Å². The van der Waals surface area contributed by atoms with E-state index in [1.165, 1.54) is 44.3 Å². The van der Waals surface area contributed by atoms with Crippen LogP contribution in [0.5, 0.6) is 0 Å². The highest BCUT2D eigenvalue weighted by molar-refractivity contribution is 5.13. The molecule has 0 spiro atoms. The van der Waals surface area contributed by atoms with Crippen LogP contribution < -0.4 is 5.32 Å². The molecule has 3 rings (SSSR count). The highest BCUT2D eigenvalue weighted by Gasteiger charge is 2.20. The van der Waals surface area contributed by atoms with Crippen LogP contribution in [0, 0.1) is 5.92 Å². The quantitative estimate of drug-likeness (QED) is 0.868. The third kappa shape index (κ3) is 3.36. The number of nitrogens with one attached hydrogen (secondary N) is 1. The van der Waals surface area contributed by atoms with Crippen LogP contribution in [0.1, 0.15) is 43.9 Å². The van der Waals surface area contributed by atoms with E-state index in [4.69, 9.17) is 4.42 Å². The average Bonchev–Trinajstić information content (AvgIpc) is 3.10. The van der Waals surface area contributed by atoms with Gasteiger partial charge >= 0.3 is 0 Å². The molecular weight excluding hydrogens is 224 g/mol. The molecule has 3 heteroatoms. The Labute approximate surface area is 110 Å². The lowest BCUT2D eigenvalue weighted by molar-refractivity contribution is 0.173. The molecule has 1 saturated carbocycles. The minimum Gasteiger partial charge on any atom is -0.468 e. The fourth-order valence-electron chi connectivity index (χ4n) is 2.59. The molecule has 0 unspecified atom stereocenters. The third-order valence-corrected chi connectivity index (χ3v) is 4.14. The molecule has 1 aromatic heterocycles. The topological polar surface area (TPSA) is 28.4 Å². The van der Waals surface area contributed by atoms with E-state index in [0.717, 1.165) is 30.8 Å². The summed E-state index contributed by atoms with van der Waals surface area (Å²) in [6, 6.07) is 2.99. The van der Waals surface area contributed by atoms with Crippen LogP contribution in [0.2, 0.25) is 0 Å². The summed E-state index contributed by atoms with van der Waals surface area (Å²) in [5.41, 5.74) is 1.29. The van der Waals surface area contributed by atoms with Crippen LogP contribution >= 0.6 is 0 Å². The van der Waals surface area contributed by atoms with Crippen molar-refractivity contribution < 1.29 is 4.42 Å². The summed E-state index contributed by atoms with van der Waals surface area (Å²) in [7, 11) is 0. The standard InChI is InChI=1S/C15H24N2O/c1-12-4-6-17(7-5-12)10-15-8-13(11-18-15)9-16-14-2-3-14/h8,11-12,14,16H,2-7,9-10H2,1H3. The van der Waals surface area contributed by atoms with Gasteiger partial charge in [-0.25, -0.2) is 0 Å². The number of hydrogen-bond acceptors (Lipinski definition) is 3. The molecule has 0 aromatic carbocycles. The van der Waals surface area contributed by atoms with Crippen LogP contribution in [0.25, 0.3) is 0 Å². The van der Waals surface area contributed by atoms with E-state index in [0.29, 0.717) is 0 Å². The third-order valence-electron chi connectivity index (χ3n) is 4.14. The summed E-state index contributed by atoms with van der Waals surface area (Å²) < 4.78 is 5.67. The molecule has 3 nitrogen and oxygen atoms in total. The van der Waals surface area contributed by atoms with Crippen LogP contribution in [0.15, 0.2) is 16.7 Å². The van der Waals surface area contributed by atoms with E-state index in [1.807, 2.05) is 6.26 Å². The zero-order valence-corrected chi connectivity index (χ0v) is 11.3. The van der Waals surface area contributed by atoms with E-state index in [9.17, 15) is 0 Å². The highest BCUT2D eigenvalue weighted by atomic mass is 16.3. The molecule has 1 aliphatic heterocycles. The van der Waals surface area contributed by atoms with Crippen LogP contribution in [0.3, 0.4) is 0 Å². The number of likely N-dealkylation sites (tertiary alicyclic amines) is 1. The predicted molar refractivity (Wildman–Crippen MR) is 72.2 cm³/mol. The Morgan fingerprint density at radius 1 is 1.28 bits per heavy atom. The maximum Gasteiger partial charge on any atom is 0.118 e. The Morgan fingerprint density at radius 3 is 2.78 bits per heavy atom. The van der Waals surface area contributed by atoms with Crippen LogP contribution in [-0.4, -0.2) is 24.0 Å². The normalized spacial score (nSPS) is 22.5. The molecule has 1 aromatic rings. The Kier molecular flexibility index (Phi) is 3.71. The van der Waals surface area contributed by atoms with Crippen molar-refractivity contribution in [3.8, 4) is 0 Å². The summed E-state index contributed by atoms with van der Waals surface area (Å²) in [5.74, 6) is 2.02. The molecule has 1 saturated heterocycles. The van der Waals surface area contributed by atoms with Gasteiger partial charge in [-0.1, -0.05) is 6.92 Å². The number of piperidine rings is 1. The Balaban J connectivity index is 1.46. The van der Waals surface area contributed by atoms with Gasteiger partial charge in [-0.05, 0) is 50.8 Å². The van der Waals surface area contributed by atoms with Crippen molar-refractivity contribution in [3.05, 3.63) is 23.7 Å². The second-order valence-electron chi connectivity index (χ2n) is 6.04. The molecule has 1 N–H and O–H groups in total. The molecule has 2 heterocycles. The van der Waals surface area contributed by atoms with E-state index < -0.39 is 0 Å². The first kappa shape index (κ1) is 12.2. The molecule has 0 bridgehead atoms. The summed E-state index contributed by atoms with van der Waals surface area (Å²) >= 11 is 0. The fraction of sp³-hybridized carbons (Fsp3) is 0.733. The first-order valence-electron chi connectivity index (χ1n) is 7.31. The SMILES string of the molecule is CC1CCN(Cc2cc(CNC3CC3)co2)CC1. The van der Waals surface area contributed by atoms with Crippen LogP contribution in [-0.2, 0) is 13.1 Å². The summed E-state index contributed by atoms with van der Waals surface area (Å²) in [6.07, 6.45) is 7.26. The van der Waals surface area contributed by atoms with Crippen LogP contribution in [0.4, 0.5) is 0 Å². The van der Waals surface area contributed by atoms with E-state index in [-0.39, 0.29) is 0 Å². The summed E-state index contributed by atoms with van der Waals surface area (Å²) in [5, 5.41) is 3.52. The summed E-state index contributed by atoms with van der Waals surface area (Å²) in [6.45, 7) is 6.74. The van der Waals surface area contributed by atoms with Crippen molar-refractivity contribution in [1.82, 2.24) is 10.2 Å². The monoisotopic (exact) mass is 248 g/mol. The molecule has 0 amide bonds. The van der Waals surface area contributed by atoms with E-state index >= 15 is 0 Å². The van der Waals surface area contributed by atoms with Gasteiger partial charge in [0.25, 0.3) is 0 Å². The smallest absolute Gasteiger partial charge is 0.118 e.